The molecule has 3 aromatic rings. The minimum atomic E-state index is -0.465. The van der Waals surface area contributed by atoms with E-state index in [9.17, 15) is 9.90 Å². The van der Waals surface area contributed by atoms with Crippen molar-refractivity contribution in [3.8, 4) is 11.4 Å². The molecule has 1 amide bonds. The highest BCUT2D eigenvalue weighted by atomic mass is 16.5. The molecule has 0 aliphatic rings. The molecule has 1 atom stereocenters. The molecular formula is C17H19N5O4. The summed E-state index contributed by atoms with van der Waals surface area (Å²) in [5.41, 5.74) is 1.04. The molecule has 1 aromatic carbocycles. The van der Waals surface area contributed by atoms with E-state index in [1.165, 1.54) is 12.4 Å². The fourth-order valence-electron chi connectivity index (χ4n) is 2.16. The molecule has 136 valence electrons. The van der Waals surface area contributed by atoms with Gasteiger partial charge in [-0.3, -0.25) is 4.79 Å². The summed E-state index contributed by atoms with van der Waals surface area (Å²) in [5.74, 6) is 0.733. The van der Waals surface area contributed by atoms with Crippen LogP contribution >= 0.6 is 0 Å². The van der Waals surface area contributed by atoms with Gasteiger partial charge in [0.15, 0.2) is 11.5 Å². The predicted molar refractivity (Wildman–Crippen MR) is 90.8 cm³/mol. The number of aromatic nitrogens is 4. The molecule has 0 saturated carbocycles. The van der Waals surface area contributed by atoms with Gasteiger partial charge in [0.25, 0.3) is 5.91 Å². The minimum absolute atomic E-state index is 0.149. The van der Waals surface area contributed by atoms with Crippen LogP contribution in [0.3, 0.4) is 0 Å². The van der Waals surface area contributed by atoms with Gasteiger partial charge in [0.1, 0.15) is 25.0 Å². The first-order chi connectivity index (χ1) is 12.6. The molecule has 26 heavy (non-hydrogen) atoms. The van der Waals surface area contributed by atoms with Gasteiger partial charge < -0.3 is 19.7 Å². The minimum Gasteiger partial charge on any atom is -0.486 e. The fourth-order valence-corrected chi connectivity index (χ4v) is 2.16. The summed E-state index contributed by atoms with van der Waals surface area (Å²) in [6.07, 6.45) is 3.09. The molecule has 3 rings (SSSR count). The maximum atomic E-state index is 11.9. The molecule has 9 nitrogen and oxygen atoms in total. The van der Waals surface area contributed by atoms with E-state index in [1.54, 1.807) is 30.1 Å². The van der Waals surface area contributed by atoms with Crippen molar-refractivity contribution in [2.75, 3.05) is 6.54 Å². The second-order valence-corrected chi connectivity index (χ2v) is 5.69. The van der Waals surface area contributed by atoms with Crippen molar-refractivity contribution in [1.82, 2.24) is 25.2 Å². The Morgan fingerprint density at radius 3 is 2.88 bits per heavy atom. The topological polar surface area (TPSA) is 115 Å². The SMILES string of the molecule is C[C@@H](O)CCNC(=O)c1cc(COc2ccc(-n3cncn3)cc2)on1. The third kappa shape index (κ3) is 4.67. The van der Waals surface area contributed by atoms with Gasteiger partial charge in [-0.05, 0) is 37.6 Å². The largest absolute Gasteiger partial charge is 0.486 e. The molecule has 2 aromatic heterocycles. The lowest BCUT2D eigenvalue weighted by atomic mass is 10.3. The monoisotopic (exact) mass is 357 g/mol. The van der Waals surface area contributed by atoms with Crippen LogP contribution in [-0.2, 0) is 6.61 Å². The van der Waals surface area contributed by atoms with Crippen molar-refractivity contribution >= 4 is 5.91 Å². The number of rotatable bonds is 8. The van der Waals surface area contributed by atoms with Crippen LogP contribution in [-0.4, -0.2) is 43.6 Å². The smallest absolute Gasteiger partial charge is 0.273 e. The molecule has 9 heteroatoms. The molecule has 0 radical (unpaired) electrons. The number of aliphatic hydroxyl groups is 1. The standard InChI is InChI=1S/C17H19N5O4/c1-12(23)6-7-19-17(24)16-8-15(26-21-16)9-25-14-4-2-13(3-5-14)22-11-18-10-20-22/h2-5,8,10-12,23H,6-7,9H2,1H3,(H,19,24)/t12-/m1/s1. The summed E-state index contributed by atoms with van der Waals surface area (Å²) in [5, 5.41) is 19.6. The number of carbonyl (C=O) groups is 1. The molecule has 0 fully saturated rings. The van der Waals surface area contributed by atoms with E-state index in [2.05, 4.69) is 20.6 Å². The maximum Gasteiger partial charge on any atom is 0.273 e. The summed E-state index contributed by atoms with van der Waals surface area (Å²) in [6.45, 7) is 2.18. The molecule has 2 heterocycles. The van der Waals surface area contributed by atoms with Crippen LogP contribution in [0.15, 0.2) is 47.5 Å². The van der Waals surface area contributed by atoms with Crippen LogP contribution in [0.4, 0.5) is 0 Å². The number of hydrogen-bond acceptors (Lipinski definition) is 7. The van der Waals surface area contributed by atoms with Crippen molar-refractivity contribution in [1.29, 1.82) is 0 Å². The zero-order chi connectivity index (χ0) is 18.4. The van der Waals surface area contributed by atoms with E-state index in [1.807, 2.05) is 12.1 Å². The molecule has 0 unspecified atom stereocenters. The predicted octanol–water partition coefficient (Wildman–Crippen LogP) is 1.33. The number of amides is 1. The summed E-state index contributed by atoms with van der Waals surface area (Å²) < 4.78 is 12.4. The van der Waals surface area contributed by atoms with Gasteiger partial charge >= 0.3 is 0 Å². The Balaban J connectivity index is 1.51. The quantitative estimate of drug-likeness (QED) is 0.625. The Hall–Kier alpha value is -3.20. The number of hydrogen-bond donors (Lipinski definition) is 2. The van der Waals surface area contributed by atoms with Crippen molar-refractivity contribution < 1.29 is 19.2 Å². The Kier molecular flexibility index (Phi) is 5.59. The van der Waals surface area contributed by atoms with Crippen molar-refractivity contribution in [2.24, 2.45) is 0 Å². The van der Waals surface area contributed by atoms with Gasteiger partial charge in [0.05, 0.1) is 11.8 Å². The van der Waals surface area contributed by atoms with Gasteiger partial charge in [-0.25, -0.2) is 9.67 Å². The normalized spacial score (nSPS) is 11.9. The summed E-state index contributed by atoms with van der Waals surface area (Å²) in [6, 6.07) is 8.84. The zero-order valence-electron chi connectivity index (χ0n) is 14.2. The van der Waals surface area contributed by atoms with E-state index in [-0.39, 0.29) is 18.2 Å². The Bertz CT molecular complexity index is 827. The Morgan fingerprint density at radius 1 is 1.38 bits per heavy atom. The van der Waals surface area contributed by atoms with Gasteiger partial charge in [0.2, 0.25) is 0 Å². The highest BCUT2D eigenvalue weighted by Gasteiger charge is 2.13. The number of ether oxygens (including phenoxy) is 1. The lowest BCUT2D eigenvalue weighted by Gasteiger charge is -2.05. The van der Waals surface area contributed by atoms with Crippen molar-refractivity contribution in [3.63, 3.8) is 0 Å². The summed E-state index contributed by atoms with van der Waals surface area (Å²) in [7, 11) is 0. The molecule has 0 aliphatic carbocycles. The molecule has 2 N–H and O–H groups in total. The molecule has 0 aliphatic heterocycles. The Morgan fingerprint density at radius 2 is 2.19 bits per heavy atom. The van der Waals surface area contributed by atoms with E-state index in [0.717, 1.165) is 5.69 Å². The Labute approximate surface area is 149 Å². The van der Waals surface area contributed by atoms with Gasteiger partial charge in [-0.2, -0.15) is 5.10 Å². The summed E-state index contributed by atoms with van der Waals surface area (Å²) in [4.78, 5) is 15.8. The highest BCUT2D eigenvalue weighted by molar-refractivity contribution is 5.92. The molecule has 0 spiro atoms. The highest BCUT2D eigenvalue weighted by Crippen LogP contribution is 2.16. The molecular weight excluding hydrogens is 338 g/mol. The second-order valence-electron chi connectivity index (χ2n) is 5.69. The van der Waals surface area contributed by atoms with Crippen LogP contribution < -0.4 is 10.1 Å². The second kappa shape index (κ2) is 8.26. The number of benzene rings is 1. The van der Waals surface area contributed by atoms with E-state index >= 15 is 0 Å². The van der Waals surface area contributed by atoms with Crippen molar-refractivity contribution in [2.45, 2.75) is 26.1 Å². The van der Waals surface area contributed by atoms with Gasteiger partial charge in [0, 0.05) is 12.6 Å². The summed E-state index contributed by atoms with van der Waals surface area (Å²) >= 11 is 0. The number of nitrogens with one attached hydrogen (secondary N) is 1. The number of nitrogens with zero attached hydrogens (tertiary/aromatic N) is 4. The fraction of sp³-hybridized carbons (Fsp3) is 0.294. The van der Waals surface area contributed by atoms with E-state index < -0.39 is 6.10 Å². The van der Waals surface area contributed by atoms with Crippen molar-refractivity contribution in [3.05, 3.63) is 54.4 Å². The van der Waals surface area contributed by atoms with Crippen LogP contribution in [0, 0.1) is 0 Å². The molecule has 0 bridgehead atoms. The first-order valence-electron chi connectivity index (χ1n) is 8.11. The van der Waals surface area contributed by atoms with Crippen LogP contribution in [0.2, 0.25) is 0 Å². The first kappa shape index (κ1) is 17.6. The zero-order valence-corrected chi connectivity index (χ0v) is 14.2. The van der Waals surface area contributed by atoms with Gasteiger partial charge in [-0.1, -0.05) is 5.16 Å². The lowest BCUT2D eigenvalue weighted by molar-refractivity contribution is 0.0936. The third-order valence-electron chi connectivity index (χ3n) is 3.54. The maximum absolute atomic E-state index is 11.9. The van der Waals surface area contributed by atoms with E-state index in [0.29, 0.717) is 24.5 Å². The number of aliphatic hydroxyl groups excluding tert-OH is 1. The van der Waals surface area contributed by atoms with Gasteiger partial charge in [-0.15, -0.1) is 0 Å². The molecule has 0 saturated heterocycles. The number of carbonyl (C=O) groups excluding carboxylic acids is 1. The van der Waals surface area contributed by atoms with E-state index in [4.69, 9.17) is 9.26 Å². The third-order valence-corrected chi connectivity index (χ3v) is 3.54. The van der Waals surface area contributed by atoms with Crippen LogP contribution in [0.1, 0.15) is 29.6 Å². The first-order valence-corrected chi connectivity index (χ1v) is 8.11. The average molecular weight is 357 g/mol. The average Bonchev–Trinajstić information content (AvgIpc) is 3.32. The van der Waals surface area contributed by atoms with Crippen LogP contribution in [0.25, 0.3) is 5.69 Å². The lowest BCUT2D eigenvalue weighted by Crippen LogP contribution is -2.26. The van der Waals surface area contributed by atoms with Crippen LogP contribution in [0.5, 0.6) is 5.75 Å².